The number of carbonyl (C=O) groups excluding carboxylic acids is 2. The van der Waals surface area contributed by atoms with Crippen LogP contribution >= 0.6 is 0 Å². The van der Waals surface area contributed by atoms with E-state index in [1.807, 2.05) is 36.1 Å². The molecule has 1 aliphatic heterocycles. The van der Waals surface area contributed by atoms with E-state index in [-0.39, 0.29) is 11.8 Å². The van der Waals surface area contributed by atoms with Gasteiger partial charge in [0.1, 0.15) is 0 Å². The number of nitrogens with one attached hydrogen (secondary N) is 1. The Kier molecular flexibility index (Phi) is 5.51. The Hall–Kier alpha value is -2.89. The molecular weight excluding hydrogens is 328 g/mol. The lowest BCUT2D eigenvalue weighted by Gasteiger charge is -2.35. The largest absolute Gasteiger partial charge is 0.367 e. The molecule has 1 saturated heterocycles. The first-order valence-corrected chi connectivity index (χ1v) is 8.82. The standard InChI is InChI=1S/C20H24N4O2/c1-15-4-3-5-17(10-15)12-22-20(26)18-11-19(14-21-13-18)24-8-6-23(7-9-24)16(2)25/h3-5,10-11,13-14H,6-9,12H2,1-2H3,(H,22,26). The Morgan fingerprint density at radius 3 is 2.58 bits per heavy atom. The maximum absolute atomic E-state index is 12.5. The first-order chi connectivity index (χ1) is 12.5. The number of pyridine rings is 1. The smallest absolute Gasteiger partial charge is 0.253 e. The van der Waals surface area contributed by atoms with Gasteiger partial charge in [-0.05, 0) is 18.6 Å². The zero-order chi connectivity index (χ0) is 18.5. The van der Waals surface area contributed by atoms with Crippen molar-refractivity contribution in [2.24, 2.45) is 0 Å². The number of hydrogen-bond acceptors (Lipinski definition) is 4. The van der Waals surface area contributed by atoms with Gasteiger partial charge in [0.25, 0.3) is 5.91 Å². The van der Waals surface area contributed by atoms with Crippen molar-refractivity contribution in [2.45, 2.75) is 20.4 Å². The van der Waals surface area contributed by atoms with Gasteiger partial charge in [0.2, 0.25) is 5.91 Å². The summed E-state index contributed by atoms with van der Waals surface area (Å²) in [5.41, 5.74) is 3.70. The van der Waals surface area contributed by atoms with Crippen molar-refractivity contribution in [2.75, 3.05) is 31.1 Å². The van der Waals surface area contributed by atoms with Crippen molar-refractivity contribution in [3.63, 3.8) is 0 Å². The number of aromatic nitrogens is 1. The van der Waals surface area contributed by atoms with Crippen LogP contribution in [0.3, 0.4) is 0 Å². The number of hydrogen-bond donors (Lipinski definition) is 1. The molecule has 1 fully saturated rings. The van der Waals surface area contributed by atoms with Crippen LogP contribution in [0.2, 0.25) is 0 Å². The third-order valence-corrected chi connectivity index (χ3v) is 4.61. The second kappa shape index (κ2) is 7.99. The molecule has 0 bridgehead atoms. The van der Waals surface area contributed by atoms with Crippen LogP contribution in [0.25, 0.3) is 0 Å². The van der Waals surface area contributed by atoms with Gasteiger partial charge in [0.05, 0.1) is 17.4 Å². The number of anilines is 1. The molecule has 2 aromatic rings. The van der Waals surface area contributed by atoms with Gasteiger partial charge in [-0.3, -0.25) is 14.6 Å². The summed E-state index contributed by atoms with van der Waals surface area (Å²) in [6.45, 7) is 6.99. The minimum absolute atomic E-state index is 0.104. The van der Waals surface area contributed by atoms with Crippen LogP contribution in [-0.4, -0.2) is 47.9 Å². The predicted molar refractivity (Wildman–Crippen MR) is 101 cm³/mol. The van der Waals surface area contributed by atoms with E-state index in [0.717, 1.165) is 24.3 Å². The minimum atomic E-state index is -0.136. The molecule has 1 aromatic carbocycles. The Balaban J connectivity index is 1.61. The monoisotopic (exact) mass is 352 g/mol. The maximum atomic E-state index is 12.5. The highest BCUT2D eigenvalue weighted by atomic mass is 16.2. The van der Waals surface area contributed by atoms with Gasteiger partial charge >= 0.3 is 0 Å². The third-order valence-electron chi connectivity index (χ3n) is 4.61. The van der Waals surface area contributed by atoms with Gasteiger partial charge < -0.3 is 15.1 Å². The molecule has 6 nitrogen and oxygen atoms in total. The van der Waals surface area contributed by atoms with Gasteiger partial charge in [-0.15, -0.1) is 0 Å². The number of carbonyl (C=O) groups is 2. The Bertz CT molecular complexity index is 798. The van der Waals surface area contributed by atoms with Gasteiger partial charge in [-0.1, -0.05) is 29.8 Å². The molecule has 3 rings (SSSR count). The van der Waals surface area contributed by atoms with Gasteiger partial charge in [0, 0.05) is 45.8 Å². The fourth-order valence-electron chi connectivity index (χ4n) is 3.11. The predicted octanol–water partition coefficient (Wildman–Crippen LogP) is 1.99. The van der Waals surface area contributed by atoms with E-state index in [0.29, 0.717) is 25.2 Å². The van der Waals surface area contributed by atoms with E-state index in [1.165, 1.54) is 5.56 Å². The van der Waals surface area contributed by atoms with Crippen LogP contribution in [0.4, 0.5) is 5.69 Å². The van der Waals surface area contributed by atoms with E-state index in [9.17, 15) is 9.59 Å². The molecule has 0 spiro atoms. The third kappa shape index (κ3) is 4.39. The van der Waals surface area contributed by atoms with Crippen LogP contribution in [0.5, 0.6) is 0 Å². The van der Waals surface area contributed by atoms with Crippen molar-refractivity contribution >= 4 is 17.5 Å². The molecule has 1 N–H and O–H groups in total. The summed E-state index contributed by atoms with van der Waals surface area (Å²) in [5.74, 6) is -0.0321. The summed E-state index contributed by atoms with van der Waals surface area (Å²) in [6, 6.07) is 9.94. The average molecular weight is 352 g/mol. The van der Waals surface area contributed by atoms with Crippen LogP contribution in [0.15, 0.2) is 42.7 Å². The van der Waals surface area contributed by atoms with Crippen LogP contribution in [0, 0.1) is 6.92 Å². The molecule has 1 aromatic heterocycles. The van der Waals surface area contributed by atoms with E-state index in [1.54, 1.807) is 19.3 Å². The highest BCUT2D eigenvalue weighted by molar-refractivity contribution is 5.94. The van der Waals surface area contributed by atoms with Crippen LogP contribution in [-0.2, 0) is 11.3 Å². The van der Waals surface area contributed by atoms with Crippen LogP contribution < -0.4 is 10.2 Å². The first kappa shape index (κ1) is 17.9. The zero-order valence-electron chi connectivity index (χ0n) is 15.2. The lowest BCUT2D eigenvalue weighted by atomic mass is 10.1. The number of benzene rings is 1. The summed E-state index contributed by atoms with van der Waals surface area (Å²) in [6.07, 6.45) is 3.35. The molecule has 136 valence electrons. The SMILES string of the molecule is CC(=O)N1CCN(c2cncc(C(=O)NCc3cccc(C)c3)c2)CC1. The van der Waals surface area contributed by atoms with E-state index in [4.69, 9.17) is 0 Å². The topological polar surface area (TPSA) is 65.5 Å². The highest BCUT2D eigenvalue weighted by Crippen LogP contribution is 2.17. The number of piperazine rings is 1. The quantitative estimate of drug-likeness (QED) is 0.914. The van der Waals surface area contributed by atoms with Crippen molar-refractivity contribution in [1.29, 1.82) is 0 Å². The Morgan fingerprint density at radius 2 is 1.88 bits per heavy atom. The maximum Gasteiger partial charge on any atom is 0.253 e. The van der Waals surface area contributed by atoms with Crippen molar-refractivity contribution in [3.8, 4) is 0 Å². The second-order valence-corrected chi connectivity index (χ2v) is 6.60. The summed E-state index contributed by atoms with van der Waals surface area (Å²) >= 11 is 0. The summed E-state index contributed by atoms with van der Waals surface area (Å²) in [7, 11) is 0. The number of nitrogens with zero attached hydrogens (tertiary/aromatic N) is 3. The molecule has 0 radical (unpaired) electrons. The molecule has 0 saturated carbocycles. The van der Waals surface area contributed by atoms with Gasteiger partial charge in [-0.2, -0.15) is 0 Å². The lowest BCUT2D eigenvalue weighted by molar-refractivity contribution is -0.129. The molecule has 26 heavy (non-hydrogen) atoms. The van der Waals surface area contributed by atoms with E-state index in [2.05, 4.69) is 21.3 Å². The fourth-order valence-corrected chi connectivity index (χ4v) is 3.11. The summed E-state index contributed by atoms with van der Waals surface area (Å²) in [4.78, 5) is 32.1. The van der Waals surface area contributed by atoms with Crippen molar-refractivity contribution in [1.82, 2.24) is 15.2 Å². The Labute approximate surface area is 153 Å². The summed E-state index contributed by atoms with van der Waals surface area (Å²) in [5, 5.41) is 2.94. The Morgan fingerprint density at radius 1 is 1.12 bits per heavy atom. The molecule has 0 aliphatic carbocycles. The second-order valence-electron chi connectivity index (χ2n) is 6.60. The average Bonchev–Trinajstić information content (AvgIpc) is 2.66. The van der Waals surface area contributed by atoms with Crippen molar-refractivity contribution in [3.05, 3.63) is 59.4 Å². The van der Waals surface area contributed by atoms with Gasteiger partial charge in [0.15, 0.2) is 0 Å². The summed E-state index contributed by atoms with van der Waals surface area (Å²) < 4.78 is 0. The molecule has 0 atom stereocenters. The minimum Gasteiger partial charge on any atom is -0.367 e. The molecular formula is C20H24N4O2. The highest BCUT2D eigenvalue weighted by Gasteiger charge is 2.19. The molecule has 6 heteroatoms. The first-order valence-electron chi connectivity index (χ1n) is 8.82. The number of amides is 2. The van der Waals surface area contributed by atoms with Crippen molar-refractivity contribution < 1.29 is 9.59 Å². The van der Waals surface area contributed by atoms with E-state index >= 15 is 0 Å². The van der Waals surface area contributed by atoms with Gasteiger partial charge in [-0.25, -0.2) is 0 Å². The number of aryl methyl sites for hydroxylation is 1. The fraction of sp³-hybridized carbons (Fsp3) is 0.350. The molecule has 1 aliphatic rings. The van der Waals surface area contributed by atoms with E-state index < -0.39 is 0 Å². The number of rotatable bonds is 4. The zero-order valence-corrected chi connectivity index (χ0v) is 15.2. The molecule has 2 heterocycles. The normalized spacial score (nSPS) is 14.2. The molecule has 2 amide bonds. The lowest BCUT2D eigenvalue weighted by Crippen LogP contribution is -2.48. The molecule has 0 unspecified atom stereocenters. The van der Waals surface area contributed by atoms with Crippen LogP contribution in [0.1, 0.15) is 28.4 Å².